The van der Waals surface area contributed by atoms with Crippen LogP contribution in [0.15, 0.2) is 0 Å². The fourth-order valence-electron chi connectivity index (χ4n) is 1.52. The fraction of sp³-hybridized carbons (Fsp3) is 1.00. The van der Waals surface area contributed by atoms with Crippen LogP contribution in [-0.4, -0.2) is 37.6 Å². The van der Waals surface area contributed by atoms with Crippen LogP contribution >= 0.6 is 0 Å². The van der Waals surface area contributed by atoms with E-state index >= 15 is 0 Å². The molecule has 0 bridgehead atoms. The first-order valence-electron chi connectivity index (χ1n) is 4.76. The average Bonchev–Trinajstić information content (AvgIpc) is 1.94. The lowest BCUT2D eigenvalue weighted by molar-refractivity contribution is 0.129. The number of likely N-dealkylation sites (tertiary alicyclic amines) is 1. The molecule has 0 spiro atoms. The number of hydrogen-bond donors (Lipinski definition) is 1. The van der Waals surface area contributed by atoms with Crippen molar-refractivity contribution < 1.29 is 0 Å². The smallest absolute Gasteiger partial charge is 0.0320 e. The molecule has 0 aromatic heterocycles. The van der Waals surface area contributed by atoms with Gasteiger partial charge in [0.2, 0.25) is 0 Å². The van der Waals surface area contributed by atoms with Crippen molar-refractivity contribution in [2.45, 2.75) is 32.2 Å². The third-order valence-electron chi connectivity index (χ3n) is 2.44. The molecule has 11 heavy (non-hydrogen) atoms. The van der Waals surface area contributed by atoms with Crippen LogP contribution < -0.4 is 5.32 Å². The van der Waals surface area contributed by atoms with E-state index < -0.39 is 0 Å². The second kappa shape index (κ2) is 4.73. The highest BCUT2D eigenvalue weighted by atomic mass is 15.2. The van der Waals surface area contributed by atoms with E-state index in [1.165, 1.54) is 38.9 Å². The third-order valence-corrected chi connectivity index (χ3v) is 2.44. The van der Waals surface area contributed by atoms with Crippen molar-refractivity contribution in [3.8, 4) is 0 Å². The Morgan fingerprint density at radius 1 is 1.36 bits per heavy atom. The van der Waals surface area contributed by atoms with E-state index in [1.807, 2.05) is 7.05 Å². The maximum atomic E-state index is 3.28. The lowest BCUT2D eigenvalue weighted by Gasteiger charge is -2.39. The summed E-state index contributed by atoms with van der Waals surface area (Å²) in [7, 11) is 2.05. The van der Waals surface area contributed by atoms with Crippen LogP contribution in [0, 0.1) is 0 Å². The van der Waals surface area contributed by atoms with Crippen LogP contribution in [-0.2, 0) is 0 Å². The topological polar surface area (TPSA) is 15.3 Å². The molecule has 66 valence electrons. The Balaban J connectivity index is 1.88. The minimum atomic E-state index is 0.775. The first-order valence-corrected chi connectivity index (χ1v) is 4.76. The molecule has 0 aromatic carbocycles. The second-order valence-corrected chi connectivity index (χ2v) is 3.45. The summed E-state index contributed by atoms with van der Waals surface area (Å²) >= 11 is 0. The maximum absolute atomic E-state index is 3.28. The van der Waals surface area contributed by atoms with Gasteiger partial charge in [-0.15, -0.1) is 0 Å². The normalized spacial score (nSPS) is 20.2. The molecule has 0 radical (unpaired) electrons. The fourth-order valence-corrected chi connectivity index (χ4v) is 1.52. The van der Waals surface area contributed by atoms with Gasteiger partial charge in [-0.1, -0.05) is 19.8 Å². The highest BCUT2D eigenvalue weighted by Crippen LogP contribution is 2.08. The van der Waals surface area contributed by atoms with Gasteiger partial charge in [-0.25, -0.2) is 0 Å². The highest BCUT2D eigenvalue weighted by molar-refractivity contribution is 4.83. The van der Waals surface area contributed by atoms with Gasteiger partial charge in [0.15, 0.2) is 0 Å². The van der Waals surface area contributed by atoms with E-state index in [4.69, 9.17) is 0 Å². The van der Waals surface area contributed by atoms with Crippen LogP contribution in [0.3, 0.4) is 0 Å². The molecule has 2 heteroatoms. The van der Waals surface area contributed by atoms with Crippen LogP contribution in [0.1, 0.15) is 26.2 Å². The van der Waals surface area contributed by atoms with E-state index in [0.717, 1.165) is 6.04 Å². The van der Waals surface area contributed by atoms with Gasteiger partial charge in [-0.2, -0.15) is 0 Å². The predicted molar refractivity (Wildman–Crippen MR) is 48.8 cm³/mol. The van der Waals surface area contributed by atoms with Crippen molar-refractivity contribution in [2.75, 3.05) is 26.7 Å². The number of nitrogens with zero attached hydrogens (tertiary/aromatic N) is 1. The first kappa shape index (κ1) is 9.01. The standard InChI is InChI=1S/C9H20N2/c1-3-4-5-6-11-7-9(8-11)10-2/h9-10H,3-8H2,1-2H3. The zero-order valence-corrected chi connectivity index (χ0v) is 7.77. The Labute approximate surface area is 70.0 Å². The monoisotopic (exact) mass is 156 g/mol. The third kappa shape index (κ3) is 2.80. The number of rotatable bonds is 5. The average molecular weight is 156 g/mol. The Morgan fingerprint density at radius 2 is 2.09 bits per heavy atom. The quantitative estimate of drug-likeness (QED) is 0.599. The summed E-state index contributed by atoms with van der Waals surface area (Å²) < 4.78 is 0. The molecule has 0 unspecified atom stereocenters. The molecule has 1 aliphatic heterocycles. The molecule has 1 heterocycles. The summed E-state index contributed by atoms with van der Waals surface area (Å²) in [6.07, 6.45) is 4.11. The van der Waals surface area contributed by atoms with Crippen LogP contribution in [0.2, 0.25) is 0 Å². The molecular formula is C9H20N2. The molecule has 0 aromatic rings. The largest absolute Gasteiger partial charge is 0.315 e. The Morgan fingerprint density at radius 3 is 2.64 bits per heavy atom. The lowest BCUT2D eigenvalue weighted by Crippen LogP contribution is -2.56. The molecule has 0 amide bonds. The number of nitrogens with one attached hydrogen (secondary N) is 1. The zero-order chi connectivity index (χ0) is 8.10. The van der Waals surface area contributed by atoms with E-state index in [-0.39, 0.29) is 0 Å². The molecule has 1 saturated heterocycles. The number of unbranched alkanes of at least 4 members (excludes halogenated alkanes) is 2. The minimum Gasteiger partial charge on any atom is -0.315 e. The van der Waals surface area contributed by atoms with Gasteiger partial charge in [-0.05, 0) is 20.0 Å². The van der Waals surface area contributed by atoms with Crippen LogP contribution in [0.5, 0.6) is 0 Å². The number of likely N-dealkylation sites (N-methyl/N-ethyl adjacent to an activating group) is 1. The molecule has 1 fully saturated rings. The van der Waals surface area contributed by atoms with Crippen molar-refractivity contribution in [2.24, 2.45) is 0 Å². The van der Waals surface area contributed by atoms with Crippen molar-refractivity contribution in [3.05, 3.63) is 0 Å². The second-order valence-electron chi connectivity index (χ2n) is 3.45. The SMILES string of the molecule is CCCCCN1CC(NC)C1. The zero-order valence-electron chi connectivity index (χ0n) is 7.77. The molecule has 0 atom stereocenters. The van der Waals surface area contributed by atoms with Gasteiger partial charge in [-0.3, -0.25) is 0 Å². The molecule has 1 rings (SSSR count). The van der Waals surface area contributed by atoms with E-state index in [0.29, 0.717) is 0 Å². The lowest BCUT2D eigenvalue weighted by atomic mass is 10.1. The van der Waals surface area contributed by atoms with Crippen LogP contribution in [0.25, 0.3) is 0 Å². The van der Waals surface area contributed by atoms with E-state index in [2.05, 4.69) is 17.1 Å². The van der Waals surface area contributed by atoms with Crippen molar-refractivity contribution in [1.82, 2.24) is 10.2 Å². The van der Waals surface area contributed by atoms with Crippen molar-refractivity contribution in [3.63, 3.8) is 0 Å². The molecule has 2 nitrogen and oxygen atoms in total. The van der Waals surface area contributed by atoms with Gasteiger partial charge >= 0.3 is 0 Å². The van der Waals surface area contributed by atoms with E-state index in [1.54, 1.807) is 0 Å². The Bertz CT molecular complexity index is 97.7. The summed E-state index contributed by atoms with van der Waals surface area (Å²) in [5.41, 5.74) is 0. The predicted octanol–water partition coefficient (Wildman–Crippen LogP) is 1.08. The molecular weight excluding hydrogens is 136 g/mol. The first-order chi connectivity index (χ1) is 5.36. The summed E-state index contributed by atoms with van der Waals surface area (Å²) in [6, 6.07) is 0.775. The van der Waals surface area contributed by atoms with Gasteiger partial charge in [0.05, 0.1) is 0 Å². The summed E-state index contributed by atoms with van der Waals surface area (Å²) in [5, 5.41) is 3.28. The number of hydrogen-bond acceptors (Lipinski definition) is 2. The summed E-state index contributed by atoms with van der Waals surface area (Å²) in [5.74, 6) is 0. The Hall–Kier alpha value is -0.0800. The summed E-state index contributed by atoms with van der Waals surface area (Å²) in [4.78, 5) is 2.52. The van der Waals surface area contributed by atoms with Crippen molar-refractivity contribution in [1.29, 1.82) is 0 Å². The van der Waals surface area contributed by atoms with Gasteiger partial charge in [0, 0.05) is 19.1 Å². The van der Waals surface area contributed by atoms with E-state index in [9.17, 15) is 0 Å². The Kier molecular flexibility index (Phi) is 3.87. The van der Waals surface area contributed by atoms with Gasteiger partial charge < -0.3 is 10.2 Å². The van der Waals surface area contributed by atoms with Gasteiger partial charge in [0.1, 0.15) is 0 Å². The van der Waals surface area contributed by atoms with Crippen molar-refractivity contribution >= 4 is 0 Å². The van der Waals surface area contributed by atoms with Gasteiger partial charge in [0.25, 0.3) is 0 Å². The molecule has 0 aliphatic carbocycles. The molecule has 0 saturated carbocycles. The molecule has 1 N–H and O–H groups in total. The maximum Gasteiger partial charge on any atom is 0.0320 e. The van der Waals surface area contributed by atoms with Crippen LogP contribution in [0.4, 0.5) is 0 Å². The minimum absolute atomic E-state index is 0.775. The highest BCUT2D eigenvalue weighted by Gasteiger charge is 2.23. The molecule has 1 aliphatic rings. The summed E-state index contributed by atoms with van der Waals surface area (Å²) in [6.45, 7) is 6.10.